The molecule has 0 aliphatic rings. The number of aromatic nitrogens is 1. The van der Waals surface area contributed by atoms with Gasteiger partial charge >= 0.3 is 0 Å². The molecule has 1 heterocycles. The summed E-state index contributed by atoms with van der Waals surface area (Å²) in [6.45, 7) is 1.97. The minimum atomic E-state index is 0.162. The van der Waals surface area contributed by atoms with E-state index in [1.807, 2.05) is 31.2 Å². The molecule has 98 valence electrons. The van der Waals surface area contributed by atoms with Crippen molar-refractivity contribution in [2.24, 2.45) is 5.73 Å². The Hall–Kier alpha value is -1.66. The molecule has 2 aromatic rings. The SMILES string of the molecule is Cc1ccccc1Oc1ncc(Br)cc1NC(N)=S. The molecule has 4 nitrogen and oxygen atoms in total. The molecule has 0 saturated heterocycles. The number of hydrogen-bond acceptors (Lipinski definition) is 3. The van der Waals surface area contributed by atoms with Gasteiger partial charge in [-0.15, -0.1) is 0 Å². The molecule has 0 amide bonds. The van der Waals surface area contributed by atoms with Crippen LogP contribution in [0.3, 0.4) is 0 Å². The summed E-state index contributed by atoms with van der Waals surface area (Å²) in [6.07, 6.45) is 1.65. The van der Waals surface area contributed by atoms with Gasteiger partial charge in [0.05, 0.1) is 0 Å². The number of pyridine rings is 1. The summed E-state index contributed by atoms with van der Waals surface area (Å²) in [5.41, 5.74) is 7.13. The normalized spacial score (nSPS) is 10.0. The maximum Gasteiger partial charge on any atom is 0.243 e. The number of halogens is 1. The highest BCUT2D eigenvalue weighted by atomic mass is 79.9. The van der Waals surface area contributed by atoms with E-state index in [0.29, 0.717) is 11.6 Å². The Balaban J connectivity index is 2.34. The first kappa shape index (κ1) is 13.8. The molecule has 0 radical (unpaired) electrons. The lowest BCUT2D eigenvalue weighted by Gasteiger charge is -2.12. The van der Waals surface area contributed by atoms with Crippen LogP contribution in [0.5, 0.6) is 11.6 Å². The van der Waals surface area contributed by atoms with Crippen LogP contribution in [0, 0.1) is 6.92 Å². The van der Waals surface area contributed by atoms with Gasteiger partial charge in [0, 0.05) is 10.7 Å². The largest absolute Gasteiger partial charge is 0.437 e. The average molecular weight is 338 g/mol. The second kappa shape index (κ2) is 5.99. The van der Waals surface area contributed by atoms with Crippen LogP contribution in [0.1, 0.15) is 5.56 Å². The van der Waals surface area contributed by atoms with Crippen LogP contribution >= 0.6 is 28.1 Å². The molecule has 0 atom stereocenters. The molecule has 0 unspecified atom stereocenters. The number of nitrogens with two attached hydrogens (primary N) is 1. The van der Waals surface area contributed by atoms with E-state index in [9.17, 15) is 0 Å². The Labute approximate surface area is 125 Å². The van der Waals surface area contributed by atoms with E-state index in [4.69, 9.17) is 22.7 Å². The van der Waals surface area contributed by atoms with Gasteiger partial charge in [-0.1, -0.05) is 18.2 Å². The Morgan fingerprint density at radius 3 is 2.84 bits per heavy atom. The zero-order chi connectivity index (χ0) is 13.8. The fraction of sp³-hybridized carbons (Fsp3) is 0.0769. The fourth-order valence-corrected chi connectivity index (χ4v) is 1.95. The van der Waals surface area contributed by atoms with Crippen molar-refractivity contribution in [3.8, 4) is 11.6 Å². The van der Waals surface area contributed by atoms with Crippen LogP contribution in [0.15, 0.2) is 41.0 Å². The monoisotopic (exact) mass is 337 g/mol. The number of para-hydroxylation sites is 1. The fourth-order valence-electron chi connectivity index (χ4n) is 1.51. The average Bonchev–Trinajstić information content (AvgIpc) is 2.34. The Bertz CT molecular complexity index is 619. The third-order valence-electron chi connectivity index (χ3n) is 2.38. The second-order valence-corrected chi connectivity index (χ2v) is 5.22. The topological polar surface area (TPSA) is 60.2 Å². The highest BCUT2D eigenvalue weighted by molar-refractivity contribution is 9.10. The second-order valence-electron chi connectivity index (χ2n) is 3.86. The van der Waals surface area contributed by atoms with Crippen LogP contribution in [0.2, 0.25) is 0 Å². The summed E-state index contributed by atoms with van der Waals surface area (Å²) in [7, 11) is 0. The smallest absolute Gasteiger partial charge is 0.243 e. The molecule has 1 aromatic carbocycles. The lowest BCUT2D eigenvalue weighted by Crippen LogP contribution is -2.19. The maximum absolute atomic E-state index is 5.79. The van der Waals surface area contributed by atoms with Crippen LogP contribution in [-0.4, -0.2) is 10.1 Å². The van der Waals surface area contributed by atoms with Crippen molar-refractivity contribution in [1.29, 1.82) is 0 Å². The van der Waals surface area contributed by atoms with Crippen LogP contribution < -0.4 is 15.8 Å². The van der Waals surface area contributed by atoms with E-state index in [-0.39, 0.29) is 5.11 Å². The number of rotatable bonds is 3. The third-order valence-corrected chi connectivity index (χ3v) is 2.91. The van der Waals surface area contributed by atoms with Crippen molar-refractivity contribution in [1.82, 2.24) is 4.98 Å². The molecule has 1 aromatic heterocycles. The minimum absolute atomic E-state index is 0.162. The molecule has 0 fully saturated rings. The highest BCUT2D eigenvalue weighted by Crippen LogP contribution is 2.30. The summed E-state index contributed by atoms with van der Waals surface area (Å²) >= 11 is 8.18. The molecule has 0 spiro atoms. The van der Waals surface area contributed by atoms with E-state index in [1.54, 1.807) is 12.3 Å². The molecule has 0 aliphatic heterocycles. The first-order valence-corrected chi connectivity index (χ1v) is 6.72. The molecule has 0 saturated carbocycles. The summed E-state index contributed by atoms with van der Waals surface area (Å²) in [5, 5.41) is 3.01. The predicted octanol–water partition coefficient (Wildman–Crippen LogP) is 3.60. The maximum atomic E-state index is 5.79. The summed E-state index contributed by atoms with van der Waals surface area (Å²) < 4.78 is 6.60. The minimum Gasteiger partial charge on any atom is -0.437 e. The quantitative estimate of drug-likeness (QED) is 0.838. The van der Waals surface area contributed by atoms with Crippen molar-refractivity contribution >= 4 is 38.9 Å². The molecule has 2 rings (SSSR count). The number of anilines is 1. The number of nitrogens with one attached hydrogen (secondary N) is 1. The van der Waals surface area contributed by atoms with Crippen LogP contribution in [0.4, 0.5) is 5.69 Å². The van der Waals surface area contributed by atoms with Crippen molar-refractivity contribution in [3.05, 3.63) is 46.6 Å². The first-order chi connectivity index (χ1) is 9.06. The van der Waals surface area contributed by atoms with Gasteiger partial charge in [-0.3, -0.25) is 0 Å². The molecule has 3 N–H and O–H groups in total. The lowest BCUT2D eigenvalue weighted by molar-refractivity contribution is 0.462. The van der Waals surface area contributed by atoms with Gasteiger partial charge in [0.1, 0.15) is 11.4 Å². The number of benzene rings is 1. The third kappa shape index (κ3) is 3.65. The number of hydrogen-bond donors (Lipinski definition) is 2. The number of aryl methyl sites for hydroxylation is 1. The van der Waals surface area contributed by atoms with Crippen molar-refractivity contribution in [2.45, 2.75) is 6.92 Å². The molecule has 0 bridgehead atoms. The Kier molecular flexibility index (Phi) is 4.34. The number of thiocarbonyl (C=S) groups is 1. The van der Waals surface area contributed by atoms with Gasteiger partial charge in [-0.05, 0) is 52.8 Å². The summed E-state index contributed by atoms with van der Waals surface area (Å²) in [6, 6.07) is 9.51. The van der Waals surface area contributed by atoms with Crippen molar-refractivity contribution in [3.63, 3.8) is 0 Å². The lowest BCUT2D eigenvalue weighted by atomic mass is 10.2. The molecular formula is C13H12BrN3OS. The summed E-state index contributed by atoms with van der Waals surface area (Å²) in [4.78, 5) is 4.22. The van der Waals surface area contributed by atoms with E-state index in [2.05, 4.69) is 26.2 Å². The Morgan fingerprint density at radius 2 is 2.16 bits per heavy atom. The van der Waals surface area contributed by atoms with Crippen LogP contribution in [0.25, 0.3) is 0 Å². The van der Waals surface area contributed by atoms with Gasteiger partial charge < -0.3 is 15.8 Å². The molecule has 6 heteroatoms. The van der Waals surface area contributed by atoms with Crippen molar-refractivity contribution < 1.29 is 4.74 Å². The van der Waals surface area contributed by atoms with Gasteiger partial charge in [-0.2, -0.15) is 0 Å². The van der Waals surface area contributed by atoms with Gasteiger partial charge in [0.2, 0.25) is 5.88 Å². The molecular weight excluding hydrogens is 326 g/mol. The molecule has 0 aliphatic carbocycles. The van der Waals surface area contributed by atoms with Gasteiger partial charge in [0.25, 0.3) is 0 Å². The first-order valence-electron chi connectivity index (χ1n) is 5.52. The van der Waals surface area contributed by atoms with Crippen molar-refractivity contribution in [2.75, 3.05) is 5.32 Å². The standard InChI is InChI=1S/C13H12BrN3OS/c1-8-4-2-3-5-11(8)18-12-10(17-13(15)19)6-9(14)7-16-12/h2-7H,1H3,(H3,15,17,19). The van der Waals surface area contributed by atoms with E-state index >= 15 is 0 Å². The van der Waals surface area contributed by atoms with Crippen LogP contribution in [-0.2, 0) is 0 Å². The van der Waals surface area contributed by atoms with Gasteiger partial charge in [0.15, 0.2) is 5.11 Å². The van der Waals surface area contributed by atoms with E-state index in [1.165, 1.54) is 0 Å². The Morgan fingerprint density at radius 1 is 1.42 bits per heavy atom. The number of nitrogens with zero attached hydrogens (tertiary/aromatic N) is 1. The van der Waals surface area contributed by atoms with Gasteiger partial charge in [-0.25, -0.2) is 4.98 Å². The molecule has 19 heavy (non-hydrogen) atoms. The van der Waals surface area contributed by atoms with E-state index in [0.717, 1.165) is 15.8 Å². The zero-order valence-corrected chi connectivity index (χ0v) is 12.6. The predicted molar refractivity (Wildman–Crippen MR) is 83.6 cm³/mol. The van der Waals surface area contributed by atoms with E-state index < -0.39 is 0 Å². The number of ether oxygens (including phenoxy) is 1. The highest BCUT2D eigenvalue weighted by Gasteiger charge is 2.09. The summed E-state index contributed by atoms with van der Waals surface area (Å²) in [5.74, 6) is 1.16. The zero-order valence-electron chi connectivity index (χ0n) is 10.2.